The first-order valence-electron chi connectivity index (χ1n) is 17.0. The second kappa shape index (κ2) is 13.1. The Balaban J connectivity index is 1.24. The molecule has 2 aliphatic rings. The van der Waals surface area contributed by atoms with Crippen molar-refractivity contribution in [2.24, 2.45) is 11.3 Å². The van der Waals surface area contributed by atoms with Gasteiger partial charge in [-0.3, -0.25) is 0 Å². The molecule has 0 N–H and O–H groups in total. The van der Waals surface area contributed by atoms with Crippen LogP contribution in [0.1, 0.15) is 43.7 Å². The number of rotatable bonds is 7. The molecule has 1 aromatic heterocycles. The lowest BCUT2D eigenvalue weighted by atomic mass is 9.62. The molecule has 2 aliphatic carbocycles. The number of hydrogen-bond donors (Lipinski definition) is 0. The van der Waals surface area contributed by atoms with Crippen LogP contribution in [-0.2, 0) is 0 Å². The maximum Gasteiger partial charge on any atom is 0.225 e. The topological polar surface area (TPSA) is 27.0 Å². The number of hydrogen-bond acceptors (Lipinski definition) is 5. The number of nitrogens with zero attached hydrogens (tertiary/aromatic N) is 5. The Labute approximate surface area is 295 Å². The van der Waals surface area contributed by atoms with E-state index in [2.05, 4.69) is 153 Å². The molecule has 7 rings (SSSR count). The third-order valence-corrected chi connectivity index (χ3v) is 11.1. The molecule has 5 nitrogen and oxygen atoms in total. The summed E-state index contributed by atoms with van der Waals surface area (Å²) in [6.45, 7) is 12.9. The maximum atomic E-state index is 8.16. The van der Waals surface area contributed by atoms with Gasteiger partial charge in [-0.1, -0.05) is 50.3 Å². The molecule has 6 heteroatoms. The monoisotopic (exact) mass is 661 g/mol. The second-order valence-corrected chi connectivity index (χ2v) is 15.3. The largest absolute Gasteiger partial charge is 0.378 e. The molecule has 4 aromatic carbocycles. The lowest BCUT2D eigenvalue weighted by Gasteiger charge is -2.42. The number of thiazole rings is 1. The zero-order valence-corrected chi connectivity index (χ0v) is 30.1. The van der Waals surface area contributed by atoms with E-state index in [9.17, 15) is 0 Å². The number of fused-ring (bicyclic) bond motifs is 2. The van der Waals surface area contributed by atoms with Gasteiger partial charge in [-0.15, -0.1) is 11.3 Å². The van der Waals surface area contributed by atoms with Gasteiger partial charge < -0.3 is 14.7 Å². The minimum absolute atomic E-state index is 0.0582. The van der Waals surface area contributed by atoms with Gasteiger partial charge >= 0.3 is 0 Å². The van der Waals surface area contributed by atoms with Gasteiger partial charge in [0.05, 0.1) is 16.8 Å². The highest BCUT2D eigenvalue weighted by Gasteiger charge is 2.38. The average Bonchev–Trinajstić information content (AvgIpc) is 3.53. The van der Waals surface area contributed by atoms with Crippen molar-refractivity contribution in [3.63, 3.8) is 0 Å². The minimum atomic E-state index is 0.0582. The molecular formula is C43H43N5S. The zero-order valence-electron chi connectivity index (χ0n) is 29.2. The van der Waals surface area contributed by atoms with E-state index in [0.717, 1.165) is 57.1 Å². The molecule has 0 fully saturated rings. The molecular weight excluding hydrogens is 619 g/mol. The van der Waals surface area contributed by atoms with Crippen molar-refractivity contribution in [3.8, 4) is 0 Å². The summed E-state index contributed by atoms with van der Waals surface area (Å²) in [7, 11) is 8.28. The Morgan fingerprint density at radius 2 is 1.31 bits per heavy atom. The fourth-order valence-corrected chi connectivity index (χ4v) is 8.36. The summed E-state index contributed by atoms with van der Waals surface area (Å²) in [5, 5.41) is 0.824. The van der Waals surface area contributed by atoms with E-state index < -0.39 is 0 Å². The van der Waals surface area contributed by atoms with E-state index in [1.807, 2.05) is 18.2 Å². The Morgan fingerprint density at radius 1 is 0.755 bits per heavy atom. The summed E-state index contributed by atoms with van der Waals surface area (Å²) in [4.78, 5) is 15.5. The van der Waals surface area contributed by atoms with Crippen LogP contribution in [0, 0.1) is 17.9 Å². The van der Waals surface area contributed by atoms with Crippen LogP contribution >= 0.6 is 11.3 Å². The number of allylic oxidation sites excluding steroid dienone is 5. The number of benzene rings is 4. The van der Waals surface area contributed by atoms with Gasteiger partial charge in [-0.2, -0.15) is 0 Å². The molecule has 0 amide bonds. The summed E-state index contributed by atoms with van der Waals surface area (Å²) < 4.78 is 1.12. The van der Waals surface area contributed by atoms with Crippen LogP contribution in [0.2, 0.25) is 0 Å². The van der Waals surface area contributed by atoms with E-state index in [4.69, 9.17) is 11.6 Å². The fraction of sp³-hybridized carbons (Fsp3) is 0.256. The normalized spacial score (nSPS) is 17.8. The van der Waals surface area contributed by atoms with Crippen LogP contribution in [0.5, 0.6) is 0 Å². The summed E-state index contributed by atoms with van der Waals surface area (Å²) in [5.41, 5.74) is 12.5. The Bertz CT molecular complexity index is 2040. The standard InChI is InChI=1S/C43H43N5S/c1-43(2)28-32(41(44-3)42-45-39-10-8-9-11-40(39)49-42)27-31-26-30(14-25-38(31)43)29-12-15-35(16-13-29)48(36-21-17-33(18-22-36)46(4)5)37-23-19-34(20-24-37)47(6)7/h8-13,15-24,26-27,38H,14,25,28H2,1-2,4-7H3/b41-32+. The van der Waals surface area contributed by atoms with Crippen LogP contribution in [0.25, 0.3) is 26.3 Å². The number of anilines is 5. The highest BCUT2D eigenvalue weighted by atomic mass is 32.1. The molecule has 0 saturated heterocycles. The zero-order chi connectivity index (χ0) is 34.3. The van der Waals surface area contributed by atoms with E-state index in [1.165, 1.54) is 28.1 Å². The van der Waals surface area contributed by atoms with Crippen molar-refractivity contribution in [3.05, 3.63) is 142 Å². The highest BCUT2D eigenvalue weighted by Crippen LogP contribution is 2.51. The van der Waals surface area contributed by atoms with Gasteiger partial charge in [0.1, 0.15) is 5.01 Å². The van der Waals surface area contributed by atoms with Crippen LogP contribution in [0.4, 0.5) is 28.4 Å². The quantitative estimate of drug-likeness (QED) is 0.162. The van der Waals surface area contributed by atoms with Crippen molar-refractivity contribution in [1.82, 2.24) is 4.98 Å². The van der Waals surface area contributed by atoms with Crippen LogP contribution in [0.15, 0.2) is 120 Å². The summed E-state index contributed by atoms with van der Waals surface area (Å²) in [5.74, 6) is 0.465. The third-order valence-electron chi connectivity index (χ3n) is 10.0. The molecule has 0 aliphatic heterocycles. The predicted molar refractivity (Wildman–Crippen MR) is 210 cm³/mol. The van der Waals surface area contributed by atoms with Crippen molar-refractivity contribution in [2.75, 3.05) is 42.9 Å². The van der Waals surface area contributed by atoms with Crippen molar-refractivity contribution < 1.29 is 0 Å². The Hall–Kier alpha value is -5.12. The number of para-hydroxylation sites is 1. The lowest BCUT2D eigenvalue weighted by molar-refractivity contribution is 0.228. The summed E-state index contributed by atoms with van der Waals surface area (Å²) in [6, 6.07) is 34.7. The second-order valence-electron chi connectivity index (χ2n) is 14.2. The fourth-order valence-electron chi connectivity index (χ4n) is 7.37. The van der Waals surface area contributed by atoms with Crippen LogP contribution in [-0.4, -0.2) is 33.2 Å². The third kappa shape index (κ3) is 6.39. The van der Waals surface area contributed by atoms with Crippen molar-refractivity contribution in [1.29, 1.82) is 0 Å². The first kappa shape index (κ1) is 32.4. The predicted octanol–water partition coefficient (Wildman–Crippen LogP) is 11.4. The Morgan fingerprint density at radius 3 is 1.86 bits per heavy atom. The van der Waals surface area contributed by atoms with Gasteiger partial charge in [0, 0.05) is 56.6 Å². The van der Waals surface area contributed by atoms with E-state index in [1.54, 1.807) is 11.3 Å². The molecule has 0 radical (unpaired) electrons. The average molecular weight is 662 g/mol. The van der Waals surface area contributed by atoms with Gasteiger partial charge in [0.25, 0.3) is 0 Å². The molecule has 0 bridgehead atoms. The van der Waals surface area contributed by atoms with E-state index in [-0.39, 0.29) is 5.41 Å². The van der Waals surface area contributed by atoms with E-state index in [0.29, 0.717) is 11.6 Å². The summed E-state index contributed by atoms with van der Waals surface area (Å²) >= 11 is 1.62. The van der Waals surface area contributed by atoms with Gasteiger partial charge in [-0.25, -0.2) is 9.83 Å². The van der Waals surface area contributed by atoms with Gasteiger partial charge in [0.2, 0.25) is 5.70 Å². The smallest absolute Gasteiger partial charge is 0.225 e. The summed E-state index contributed by atoms with van der Waals surface area (Å²) in [6.07, 6.45) is 7.74. The van der Waals surface area contributed by atoms with Gasteiger partial charge in [0.15, 0.2) is 0 Å². The van der Waals surface area contributed by atoms with E-state index >= 15 is 0 Å². The molecule has 5 aromatic rings. The molecule has 0 saturated carbocycles. The molecule has 246 valence electrons. The first-order valence-corrected chi connectivity index (χ1v) is 17.8. The number of aromatic nitrogens is 1. The SMILES string of the molecule is [C-]#[N+]/C(=C1\C=C2C=C(c3ccc(N(c4ccc(N(C)C)cc4)c4ccc(N(C)C)cc4)cc3)CCC2C(C)(C)C1)c1nc2ccccc2s1. The first-order chi connectivity index (χ1) is 23.6. The highest BCUT2D eigenvalue weighted by molar-refractivity contribution is 7.19. The van der Waals surface area contributed by atoms with Crippen LogP contribution in [0.3, 0.4) is 0 Å². The molecule has 1 heterocycles. The van der Waals surface area contributed by atoms with Crippen molar-refractivity contribution in [2.45, 2.75) is 33.1 Å². The lowest BCUT2D eigenvalue weighted by Crippen LogP contribution is -2.31. The molecule has 0 spiro atoms. The Kier molecular flexibility index (Phi) is 8.64. The van der Waals surface area contributed by atoms with Crippen molar-refractivity contribution >= 4 is 61.3 Å². The molecule has 1 unspecified atom stereocenters. The molecule has 49 heavy (non-hydrogen) atoms. The minimum Gasteiger partial charge on any atom is -0.378 e. The maximum absolute atomic E-state index is 8.16. The van der Waals surface area contributed by atoms with Gasteiger partial charge in [-0.05, 0) is 126 Å². The van der Waals surface area contributed by atoms with Crippen LogP contribution < -0.4 is 14.7 Å². The molecule has 1 atom stereocenters.